The number of hydrogen-bond acceptors (Lipinski definition) is 3. The molecular weight excluding hydrogens is 364 g/mol. The van der Waals surface area contributed by atoms with Crippen LogP contribution < -0.4 is 5.32 Å². The van der Waals surface area contributed by atoms with Gasteiger partial charge in [-0.2, -0.15) is 0 Å². The largest absolute Gasteiger partial charge is 0.383 e. The van der Waals surface area contributed by atoms with Gasteiger partial charge in [-0.05, 0) is 30.2 Å². The average Bonchev–Trinajstić information content (AvgIpc) is 2.68. The van der Waals surface area contributed by atoms with Crippen molar-refractivity contribution in [3.63, 3.8) is 0 Å². The summed E-state index contributed by atoms with van der Waals surface area (Å²) >= 11 is 5.91. The first kappa shape index (κ1) is 20.9. The van der Waals surface area contributed by atoms with Crippen molar-refractivity contribution in [1.82, 2.24) is 10.2 Å². The molecule has 0 aromatic heterocycles. The molecule has 144 valence electrons. The Bertz CT molecular complexity index is 735. The summed E-state index contributed by atoms with van der Waals surface area (Å²) in [5.41, 5.74) is 1.83. The van der Waals surface area contributed by atoms with E-state index in [0.717, 1.165) is 11.1 Å². The molecule has 1 N–H and O–H groups in total. The van der Waals surface area contributed by atoms with Gasteiger partial charge in [-0.25, -0.2) is 0 Å². The van der Waals surface area contributed by atoms with Crippen molar-refractivity contribution < 1.29 is 14.3 Å². The quantitative estimate of drug-likeness (QED) is 0.671. The van der Waals surface area contributed by atoms with Crippen molar-refractivity contribution in [2.75, 3.05) is 20.3 Å². The Kier molecular flexibility index (Phi) is 8.30. The summed E-state index contributed by atoms with van der Waals surface area (Å²) in [6, 6.07) is 16.2. The van der Waals surface area contributed by atoms with Crippen molar-refractivity contribution in [3.8, 4) is 0 Å². The lowest BCUT2D eigenvalue weighted by atomic mass is 10.1. The van der Waals surface area contributed by atoms with Crippen LogP contribution in [0.25, 0.3) is 0 Å². The lowest BCUT2D eigenvalue weighted by molar-refractivity contribution is -0.140. The van der Waals surface area contributed by atoms with Crippen LogP contribution in [0.5, 0.6) is 0 Å². The van der Waals surface area contributed by atoms with Crippen LogP contribution in [0.4, 0.5) is 0 Å². The number of carbonyl (C=O) groups excluding carboxylic acids is 2. The number of hydrogen-bond donors (Lipinski definition) is 1. The molecule has 27 heavy (non-hydrogen) atoms. The van der Waals surface area contributed by atoms with E-state index in [1.807, 2.05) is 42.5 Å². The summed E-state index contributed by atoms with van der Waals surface area (Å²) in [6.07, 6.45) is 0.208. The molecule has 0 heterocycles. The standard InChI is InChI=1S/C21H25ClN2O3/c1-16(21(26)23-12-13-27-2)24(15-18-6-4-3-5-7-18)20(25)14-17-8-10-19(22)11-9-17/h3-11,16H,12-15H2,1-2H3,(H,23,26)/t16-/m1/s1. The van der Waals surface area contributed by atoms with Crippen LogP contribution in [-0.2, 0) is 27.3 Å². The number of ether oxygens (including phenoxy) is 1. The van der Waals surface area contributed by atoms with Crippen LogP contribution in [0, 0.1) is 0 Å². The molecule has 0 bridgehead atoms. The zero-order valence-electron chi connectivity index (χ0n) is 15.7. The van der Waals surface area contributed by atoms with E-state index in [0.29, 0.717) is 24.7 Å². The van der Waals surface area contributed by atoms with Crippen molar-refractivity contribution in [2.24, 2.45) is 0 Å². The molecular formula is C21H25ClN2O3. The maximum Gasteiger partial charge on any atom is 0.242 e. The topological polar surface area (TPSA) is 58.6 Å². The molecule has 0 aliphatic rings. The molecule has 0 fully saturated rings. The normalized spacial score (nSPS) is 11.7. The average molecular weight is 389 g/mol. The van der Waals surface area contributed by atoms with Gasteiger partial charge in [0.05, 0.1) is 13.0 Å². The highest BCUT2D eigenvalue weighted by molar-refractivity contribution is 6.30. The second-order valence-electron chi connectivity index (χ2n) is 6.27. The molecule has 2 rings (SSSR count). The molecule has 0 spiro atoms. The minimum atomic E-state index is -0.595. The number of rotatable bonds is 9. The van der Waals surface area contributed by atoms with Crippen LogP contribution in [0.1, 0.15) is 18.1 Å². The molecule has 2 aromatic rings. The van der Waals surface area contributed by atoms with Gasteiger partial charge in [-0.1, -0.05) is 54.1 Å². The smallest absolute Gasteiger partial charge is 0.242 e. The van der Waals surface area contributed by atoms with Crippen LogP contribution in [-0.4, -0.2) is 43.0 Å². The molecule has 1 atom stereocenters. The molecule has 2 amide bonds. The Labute approximate surface area is 165 Å². The molecule has 0 saturated carbocycles. The lowest BCUT2D eigenvalue weighted by Gasteiger charge is -2.29. The second kappa shape index (κ2) is 10.7. The summed E-state index contributed by atoms with van der Waals surface area (Å²) in [6.45, 7) is 2.94. The molecule has 0 saturated heterocycles. The summed E-state index contributed by atoms with van der Waals surface area (Å²) in [4.78, 5) is 27.0. The van der Waals surface area contributed by atoms with Crippen molar-refractivity contribution in [1.29, 1.82) is 0 Å². The van der Waals surface area contributed by atoms with Gasteiger partial charge in [0, 0.05) is 25.2 Å². The maximum atomic E-state index is 13.0. The summed E-state index contributed by atoms with van der Waals surface area (Å²) < 4.78 is 4.96. The number of methoxy groups -OCH3 is 1. The highest BCUT2D eigenvalue weighted by atomic mass is 35.5. The first-order chi connectivity index (χ1) is 13.0. The molecule has 0 aliphatic carbocycles. The van der Waals surface area contributed by atoms with Crippen LogP contribution in [0.2, 0.25) is 5.02 Å². The zero-order valence-corrected chi connectivity index (χ0v) is 16.4. The van der Waals surface area contributed by atoms with Gasteiger partial charge in [-0.15, -0.1) is 0 Å². The third kappa shape index (κ3) is 6.70. The van der Waals surface area contributed by atoms with E-state index in [2.05, 4.69) is 5.32 Å². The summed E-state index contributed by atoms with van der Waals surface area (Å²) in [5, 5.41) is 3.42. The van der Waals surface area contributed by atoms with E-state index in [4.69, 9.17) is 16.3 Å². The second-order valence-corrected chi connectivity index (χ2v) is 6.71. The molecule has 6 heteroatoms. The maximum absolute atomic E-state index is 13.0. The van der Waals surface area contributed by atoms with Gasteiger partial charge in [0.25, 0.3) is 0 Å². The van der Waals surface area contributed by atoms with Crippen molar-refractivity contribution >= 4 is 23.4 Å². The van der Waals surface area contributed by atoms with Crippen molar-refractivity contribution in [2.45, 2.75) is 25.9 Å². The monoisotopic (exact) mass is 388 g/mol. The van der Waals surface area contributed by atoms with E-state index in [1.54, 1.807) is 31.1 Å². The predicted molar refractivity (Wildman–Crippen MR) is 106 cm³/mol. The number of halogens is 1. The third-order valence-electron chi connectivity index (χ3n) is 4.24. The lowest BCUT2D eigenvalue weighted by Crippen LogP contribution is -2.48. The highest BCUT2D eigenvalue weighted by Crippen LogP contribution is 2.14. The molecule has 0 radical (unpaired) electrons. The molecule has 5 nitrogen and oxygen atoms in total. The van der Waals surface area contributed by atoms with E-state index in [-0.39, 0.29) is 18.2 Å². The Balaban J connectivity index is 2.13. The number of nitrogens with one attached hydrogen (secondary N) is 1. The van der Waals surface area contributed by atoms with Crippen LogP contribution in [0.3, 0.4) is 0 Å². The van der Waals surface area contributed by atoms with Gasteiger partial charge in [0.15, 0.2) is 0 Å². The predicted octanol–water partition coefficient (Wildman–Crippen LogP) is 3.06. The van der Waals surface area contributed by atoms with Gasteiger partial charge in [-0.3, -0.25) is 9.59 Å². The molecule has 2 aromatic carbocycles. The van der Waals surface area contributed by atoms with E-state index < -0.39 is 6.04 Å². The van der Waals surface area contributed by atoms with Crippen LogP contribution in [0.15, 0.2) is 54.6 Å². The first-order valence-electron chi connectivity index (χ1n) is 8.85. The van der Waals surface area contributed by atoms with Gasteiger partial charge in [0.2, 0.25) is 11.8 Å². The fourth-order valence-corrected chi connectivity index (χ4v) is 2.79. The minimum Gasteiger partial charge on any atom is -0.383 e. The Morgan fingerprint density at radius 2 is 1.74 bits per heavy atom. The number of amides is 2. The number of benzene rings is 2. The fraction of sp³-hybridized carbons (Fsp3) is 0.333. The third-order valence-corrected chi connectivity index (χ3v) is 4.49. The van der Waals surface area contributed by atoms with E-state index in [1.165, 1.54) is 0 Å². The molecule has 0 unspecified atom stereocenters. The zero-order chi connectivity index (χ0) is 19.6. The molecule has 0 aliphatic heterocycles. The Morgan fingerprint density at radius 1 is 1.07 bits per heavy atom. The van der Waals surface area contributed by atoms with E-state index in [9.17, 15) is 9.59 Å². The van der Waals surface area contributed by atoms with Gasteiger partial charge < -0.3 is 15.0 Å². The Hall–Kier alpha value is -2.37. The Morgan fingerprint density at radius 3 is 2.37 bits per heavy atom. The first-order valence-corrected chi connectivity index (χ1v) is 9.23. The van der Waals surface area contributed by atoms with Crippen LogP contribution >= 0.6 is 11.6 Å². The van der Waals surface area contributed by atoms with Gasteiger partial charge >= 0.3 is 0 Å². The number of nitrogens with zero attached hydrogens (tertiary/aromatic N) is 1. The van der Waals surface area contributed by atoms with Crippen molar-refractivity contribution in [3.05, 3.63) is 70.7 Å². The summed E-state index contributed by atoms with van der Waals surface area (Å²) in [5.74, 6) is -0.317. The van der Waals surface area contributed by atoms with E-state index >= 15 is 0 Å². The van der Waals surface area contributed by atoms with Gasteiger partial charge in [0.1, 0.15) is 6.04 Å². The summed E-state index contributed by atoms with van der Waals surface area (Å²) in [7, 11) is 1.58. The fourth-order valence-electron chi connectivity index (χ4n) is 2.67. The SMILES string of the molecule is COCCNC(=O)[C@@H](C)N(Cc1ccccc1)C(=O)Cc1ccc(Cl)cc1. The minimum absolute atomic E-state index is 0.115. The number of carbonyl (C=O) groups is 2. The highest BCUT2D eigenvalue weighted by Gasteiger charge is 2.26.